The molecular weight excluding hydrogens is 280 g/mol. The van der Waals surface area contributed by atoms with E-state index in [1.807, 2.05) is 20.8 Å². The van der Waals surface area contributed by atoms with Crippen LogP contribution in [0.2, 0.25) is 0 Å². The van der Waals surface area contributed by atoms with Gasteiger partial charge in [0.1, 0.15) is 5.01 Å². The van der Waals surface area contributed by atoms with Crippen LogP contribution in [-0.4, -0.2) is 39.2 Å². The Morgan fingerprint density at radius 1 is 1.50 bits per heavy atom. The first-order valence-electron chi connectivity index (χ1n) is 6.33. The van der Waals surface area contributed by atoms with Crippen LogP contribution >= 0.6 is 11.3 Å². The number of carbonyl (C=O) groups is 2. The minimum Gasteiger partial charge on any atom is -0.465 e. The van der Waals surface area contributed by atoms with Crippen molar-refractivity contribution >= 4 is 23.4 Å². The van der Waals surface area contributed by atoms with Crippen LogP contribution < -0.4 is 0 Å². The third-order valence-electron chi connectivity index (χ3n) is 2.68. The molecule has 6 nitrogen and oxygen atoms in total. The van der Waals surface area contributed by atoms with E-state index in [0.717, 1.165) is 0 Å². The van der Waals surface area contributed by atoms with Gasteiger partial charge in [0.05, 0.1) is 12.6 Å². The summed E-state index contributed by atoms with van der Waals surface area (Å²) in [5, 5.41) is 11.5. The van der Waals surface area contributed by atoms with Crippen LogP contribution in [0.25, 0.3) is 0 Å². The Bertz CT molecular complexity index is 493. The van der Waals surface area contributed by atoms with Gasteiger partial charge in [0, 0.05) is 10.9 Å². The molecule has 1 aromatic rings. The fourth-order valence-electron chi connectivity index (χ4n) is 1.92. The molecule has 1 atom stereocenters. The molecule has 20 heavy (non-hydrogen) atoms. The molecule has 0 saturated carbocycles. The number of aromatic nitrogens is 1. The van der Waals surface area contributed by atoms with Crippen molar-refractivity contribution in [2.45, 2.75) is 46.2 Å². The van der Waals surface area contributed by atoms with E-state index < -0.39 is 23.6 Å². The first-order valence-corrected chi connectivity index (χ1v) is 7.21. The maximum Gasteiger partial charge on any atom is 0.408 e. The van der Waals surface area contributed by atoms with E-state index in [1.165, 1.54) is 16.2 Å². The molecule has 0 spiro atoms. The Morgan fingerprint density at radius 2 is 2.10 bits per heavy atom. The number of hydrogen-bond donors (Lipinski definition) is 1. The number of thiazole rings is 1. The van der Waals surface area contributed by atoms with Crippen molar-refractivity contribution in [3.63, 3.8) is 0 Å². The second-order valence-electron chi connectivity index (χ2n) is 5.29. The van der Waals surface area contributed by atoms with Crippen LogP contribution in [-0.2, 0) is 4.74 Å². The molecule has 1 amide bonds. The van der Waals surface area contributed by atoms with Crippen molar-refractivity contribution < 1.29 is 19.4 Å². The molecule has 7 heteroatoms. The van der Waals surface area contributed by atoms with Gasteiger partial charge in [-0.15, -0.1) is 11.3 Å². The van der Waals surface area contributed by atoms with E-state index in [2.05, 4.69) is 4.98 Å². The number of esters is 1. The van der Waals surface area contributed by atoms with Gasteiger partial charge in [-0.1, -0.05) is 0 Å². The maximum atomic E-state index is 11.6. The molecule has 0 radical (unpaired) electrons. The summed E-state index contributed by atoms with van der Waals surface area (Å²) in [5.41, 5.74) is -0.334. The summed E-state index contributed by atoms with van der Waals surface area (Å²) >= 11 is 1.26. The Morgan fingerprint density at radius 3 is 2.55 bits per heavy atom. The number of rotatable bonds is 4. The molecule has 1 N–H and O–H groups in total. The van der Waals surface area contributed by atoms with Gasteiger partial charge in [0.2, 0.25) is 0 Å². The molecule has 1 heterocycles. The van der Waals surface area contributed by atoms with E-state index >= 15 is 0 Å². The standard InChI is InChI=1S/C13H20N2O4S/c1-6-19-11(16)9-7-20-10(14-9)8(2)15(12(17)18)13(3,4)5/h7-8H,6H2,1-5H3,(H,17,18). The molecule has 1 unspecified atom stereocenters. The van der Waals surface area contributed by atoms with Crippen LogP contribution in [0.4, 0.5) is 4.79 Å². The van der Waals surface area contributed by atoms with E-state index in [9.17, 15) is 14.7 Å². The average Bonchev–Trinajstić information content (AvgIpc) is 2.75. The third-order valence-corrected chi connectivity index (χ3v) is 3.69. The summed E-state index contributed by atoms with van der Waals surface area (Å²) in [6.45, 7) is 9.21. The van der Waals surface area contributed by atoms with Crippen LogP contribution in [0.1, 0.15) is 56.2 Å². The summed E-state index contributed by atoms with van der Waals surface area (Å²) in [6, 6.07) is -0.430. The summed E-state index contributed by atoms with van der Waals surface area (Å²) < 4.78 is 4.87. The lowest BCUT2D eigenvalue weighted by molar-refractivity contribution is 0.0520. The molecule has 0 aliphatic rings. The zero-order chi connectivity index (χ0) is 15.5. The number of carboxylic acid groups (broad SMARTS) is 1. The molecule has 0 aliphatic heterocycles. The number of nitrogens with zero attached hydrogens (tertiary/aromatic N) is 2. The van der Waals surface area contributed by atoms with E-state index in [4.69, 9.17) is 4.74 Å². The Labute approximate surface area is 122 Å². The predicted molar refractivity (Wildman–Crippen MR) is 76.1 cm³/mol. The highest BCUT2D eigenvalue weighted by Crippen LogP contribution is 2.30. The second kappa shape index (κ2) is 6.21. The van der Waals surface area contributed by atoms with E-state index in [0.29, 0.717) is 5.01 Å². The van der Waals surface area contributed by atoms with Crippen LogP contribution in [0, 0.1) is 0 Å². The smallest absolute Gasteiger partial charge is 0.408 e. The van der Waals surface area contributed by atoms with Gasteiger partial charge in [-0.3, -0.25) is 4.90 Å². The van der Waals surface area contributed by atoms with E-state index in [1.54, 1.807) is 19.2 Å². The van der Waals surface area contributed by atoms with Crippen molar-refractivity contribution in [3.05, 3.63) is 16.1 Å². The minimum atomic E-state index is -1.02. The predicted octanol–water partition coefficient (Wildman–Crippen LogP) is 3.16. The SMILES string of the molecule is CCOC(=O)c1csc(C(C)N(C(=O)O)C(C)(C)C)n1. The largest absolute Gasteiger partial charge is 0.465 e. The molecule has 0 aromatic carbocycles. The Balaban J connectivity index is 2.99. The monoisotopic (exact) mass is 300 g/mol. The van der Waals surface area contributed by atoms with Gasteiger partial charge in [-0.05, 0) is 34.6 Å². The van der Waals surface area contributed by atoms with Crippen molar-refractivity contribution in [1.82, 2.24) is 9.88 Å². The highest BCUT2D eigenvalue weighted by Gasteiger charge is 2.33. The molecule has 0 fully saturated rings. The Kier molecular flexibility index (Phi) is 5.10. The molecule has 0 saturated heterocycles. The number of amides is 1. The molecule has 1 aromatic heterocycles. The first-order chi connectivity index (χ1) is 9.18. The van der Waals surface area contributed by atoms with Crippen LogP contribution in [0.3, 0.4) is 0 Å². The molecular formula is C13H20N2O4S. The lowest BCUT2D eigenvalue weighted by atomic mass is 10.0. The number of carbonyl (C=O) groups excluding carboxylic acids is 1. The third kappa shape index (κ3) is 3.69. The van der Waals surface area contributed by atoms with Gasteiger partial charge in [0.25, 0.3) is 0 Å². The van der Waals surface area contributed by atoms with Gasteiger partial charge in [0.15, 0.2) is 5.69 Å². The molecule has 1 rings (SSSR count). The van der Waals surface area contributed by atoms with Crippen molar-refractivity contribution in [2.75, 3.05) is 6.61 Å². The van der Waals surface area contributed by atoms with Crippen molar-refractivity contribution in [2.24, 2.45) is 0 Å². The fourth-order valence-corrected chi connectivity index (χ4v) is 2.76. The Hall–Kier alpha value is -1.63. The topological polar surface area (TPSA) is 79.7 Å². The van der Waals surface area contributed by atoms with E-state index in [-0.39, 0.29) is 12.3 Å². The number of ether oxygens (including phenoxy) is 1. The van der Waals surface area contributed by atoms with Gasteiger partial charge in [-0.25, -0.2) is 14.6 Å². The summed E-state index contributed by atoms with van der Waals surface area (Å²) in [6.07, 6.45) is -1.02. The zero-order valence-corrected chi connectivity index (χ0v) is 13.2. The highest BCUT2D eigenvalue weighted by atomic mass is 32.1. The van der Waals surface area contributed by atoms with Crippen LogP contribution in [0.5, 0.6) is 0 Å². The van der Waals surface area contributed by atoms with Crippen molar-refractivity contribution in [1.29, 1.82) is 0 Å². The summed E-state index contributed by atoms with van der Waals surface area (Å²) in [7, 11) is 0. The summed E-state index contributed by atoms with van der Waals surface area (Å²) in [4.78, 5) is 28.5. The maximum absolute atomic E-state index is 11.6. The lowest BCUT2D eigenvalue weighted by Gasteiger charge is -2.37. The average molecular weight is 300 g/mol. The van der Waals surface area contributed by atoms with Gasteiger partial charge in [-0.2, -0.15) is 0 Å². The lowest BCUT2D eigenvalue weighted by Crippen LogP contribution is -2.46. The molecule has 0 aliphatic carbocycles. The quantitative estimate of drug-likeness (QED) is 0.864. The highest BCUT2D eigenvalue weighted by molar-refractivity contribution is 7.09. The van der Waals surface area contributed by atoms with Crippen LogP contribution in [0.15, 0.2) is 5.38 Å². The number of hydrogen-bond acceptors (Lipinski definition) is 5. The van der Waals surface area contributed by atoms with Crippen molar-refractivity contribution in [3.8, 4) is 0 Å². The molecule has 112 valence electrons. The summed E-state index contributed by atoms with van der Waals surface area (Å²) in [5.74, 6) is -0.486. The minimum absolute atomic E-state index is 0.220. The fraction of sp³-hybridized carbons (Fsp3) is 0.615. The van der Waals surface area contributed by atoms with Gasteiger partial charge < -0.3 is 9.84 Å². The normalized spacial score (nSPS) is 12.8. The second-order valence-corrected chi connectivity index (χ2v) is 6.18. The van der Waals surface area contributed by atoms with Gasteiger partial charge >= 0.3 is 12.1 Å². The first kappa shape index (κ1) is 16.4. The molecule has 0 bridgehead atoms. The zero-order valence-electron chi connectivity index (χ0n) is 12.3.